The van der Waals surface area contributed by atoms with Gasteiger partial charge in [-0.3, -0.25) is 4.79 Å². The molecule has 4 aromatic rings. The first-order valence-electron chi connectivity index (χ1n) is 12.9. The number of carbonyl (C=O) groups is 1. The Labute approximate surface area is 204 Å². The number of methoxy groups -OCH3 is 1. The van der Waals surface area contributed by atoms with Crippen molar-refractivity contribution in [1.82, 2.24) is 14.5 Å². The van der Waals surface area contributed by atoms with Gasteiger partial charge in [-0.2, -0.15) is 0 Å². The Morgan fingerprint density at radius 1 is 1.20 bits per heavy atom. The van der Waals surface area contributed by atoms with Crippen LogP contribution >= 0.6 is 0 Å². The van der Waals surface area contributed by atoms with Crippen molar-refractivity contribution < 1.29 is 13.9 Å². The molecule has 0 radical (unpaired) electrons. The van der Waals surface area contributed by atoms with Gasteiger partial charge in [-0.1, -0.05) is 6.92 Å². The van der Waals surface area contributed by atoms with Crippen LogP contribution < -0.4 is 4.74 Å². The molecule has 3 atom stereocenters. The second-order valence-corrected chi connectivity index (χ2v) is 10.8. The summed E-state index contributed by atoms with van der Waals surface area (Å²) >= 11 is 0. The van der Waals surface area contributed by atoms with Gasteiger partial charge in [-0.05, 0) is 80.7 Å². The summed E-state index contributed by atoms with van der Waals surface area (Å²) in [4.78, 5) is 20.3. The van der Waals surface area contributed by atoms with Crippen LogP contribution in [-0.2, 0) is 6.54 Å². The number of aromatic nitrogens is 2. The first kappa shape index (κ1) is 21.0. The topological polar surface area (TPSA) is 60.5 Å². The molecule has 2 saturated carbocycles. The third kappa shape index (κ3) is 3.15. The quantitative estimate of drug-likeness (QED) is 0.357. The van der Waals surface area contributed by atoms with Crippen molar-refractivity contribution in [3.05, 3.63) is 47.7 Å². The maximum Gasteiger partial charge on any atom is 0.254 e. The second kappa shape index (κ2) is 7.61. The third-order valence-corrected chi connectivity index (χ3v) is 8.76. The molecule has 2 aliphatic carbocycles. The number of nitrogens with zero attached hydrogens (tertiary/aromatic N) is 3. The van der Waals surface area contributed by atoms with Gasteiger partial charge in [0, 0.05) is 41.8 Å². The van der Waals surface area contributed by atoms with E-state index in [9.17, 15) is 4.79 Å². The average molecular weight is 470 g/mol. The summed E-state index contributed by atoms with van der Waals surface area (Å²) < 4.78 is 14.6. The van der Waals surface area contributed by atoms with Gasteiger partial charge in [0.25, 0.3) is 5.91 Å². The first-order chi connectivity index (χ1) is 17.0. The molecule has 4 heterocycles. The highest BCUT2D eigenvalue weighted by Crippen LogP contribution is 2.45. The van der Waals surface area contributed by atoms with E-state index < -0.39 is 0 Å². The highest BCUT2D eigenvalue weighted by molar-refractivity contribution is 6.02. The lowest BCUT2D eigenvalue weighted by Gasteiger charge is -2.27. The van der Waals surface area contributed by atoms with Crippen molar-refractivity contribution in [2.45, 2.75) is 52.1 Å². The van der Waals surface area contributed by atoms with Crippen molar-refractivity contribution in [3.8, 4) is 17.2 Å². The lowest BCUT2D eigenvalue weighted by atomic mass is 10.0. The van der Waals surface area contributed by atoms with E-state index in [4.69, 9.17) is 9.15 Å². The number of piperidine rings is 1. The molecule has 180 valence electrons. The van der Waals surface area contributed by atoms with E-state index in [1.54, 1.807) is 7.11 Å². The number of hydrogen-bond acceptors (Lipinski definition) is 4. The first-order valence-corrected chi connectivity index (χ1v) is 12.9. The third-order valence-electron chi connectivity index (χ3n) is 8.76. The van der Waals surface area contributed by atoms with E-state index in [-0.39, 0.29) is 5.91 Å². The second-order valence-electron chi connectivity index (χ2n) is 10.8. The van der Waals surface area contributed by atoms with Gasteiger partial charge in [-0.25, -0.2) is 4.98 Å². The molecule has 3 aliphatic rings. The number of benzene rings is 1. The zero-order valence-corrected chi connectivity index (χ0v) is 20.6. The molecule has 3 fully saturated rings. The Kier molecular flexibility index (Phi) is 4.57. The smallest absolute Gasteiger partial charge is 0.254 e. The maximum absolute atomic E-state index is 13.6. The lowest BCUT2D eigenvalue weighted by Crippen LogP contribution is -2.38. The highest BCUT2D eigenvalue weighted by atomic mass is 16.5. The number of fused-ring (bicyclic) bond motifs is 4. The van der Waals surface area contributed by atoms with E-state index in [0.717, 1.165) is 52.9 Å². The van der Waals surface area contributed by atoms with Gasteiger partial charge in [0.05, 0.1) is 18.2 Å². The molecule has 1 amide bonds. The Morgan fingerprint density at radius 3 is 2.77 bits per heavy atom. The average Bonchev–Trinajstić information content (AvgIpc) is 3.27. The molecule has 3 aromatic heterocycles. The molecule has 0 spiro atoms. The van der Waals surface area contributed by atoms with Crippen molar-refractivity contribution >= 4 is 27.9 Å². The molecule has 0 N–H and O–H groups in total. The van der Waals surface area contributed by atoms with Crippen molar-refractivity contribution in [1.29, 1.82) is 0 Å². The van der Waals surface area contributed by atoms with Crippen LogP contribution in [0.15, 0.2) is 40.9 Å². The zero-order valence-electron chi connectivity index (χ0n) is 20.6. The Balaban J connectivity index is 1.35. The molecule has 3 unspecified atom stereocenters. The minimum absolute atomic E-state index is 0.0897. The van der Waals surface area contributed by atoms with Crippen LogP contribution in [0.25, 0.3) is 33.5 Å². The summed E-state index contributed by atoms with van der Waals surface area (Å²) in [5, 5.41) is 2.05. The molecule has 6 heteroatoms. The summed E-state index contributed by atoms with van der Waals surface area (Å²) in [6.45, 7) is 6.18. The van der Waals surface area contributed by atoms with E-state index in [2.05, 4.69) is 40.4 Å². The maximum atomic E-state index is 13.6. The zero-order chi connectivity index (χ0) is 23.8. The van der Waals surface area contributed by atoms with Crippen molar-refractivity contribution in [3.63, 3.8) is 0 Å². The highest BCUT2D eigenvalue weighted by Gasteiger charge is 2.46. The van der Waals surface area contributed by atoms with Crippen molar-refractivity contribution in [2.24, 2.45) is 17.8 Å². The molecule has 35 heavy (non-hydrogen) atoms. The van der Waals surface area contributed by atoms with E-state index in [1.165, 1.54) is 19.3 Å². The van der Waals surface area contributed by atoms with Crippen LogP contribution in [0.3, 0.4) is 0 Å². The molecule has 1 aliphatic heterocycles. The summed E-state index contributed by atoms with van der Waals surface area (Å²) in [6.07, 6.45) is 6.74. The standard InChI is InChI=1S/C29H31N3O3/c1-16-20-8-9-22(16)32(15-20)29(33)21-12-24(34-3)26-17(2)27(35-25(26)13-21)23-11-19-5-4-10-30-28(19)31(23)14-18-6-7-18/h4-5,10-13,16,18,20,22H,6-9,14-15H2,1-3H3. The van der Waals surface area contributed by atoms with Crippen LogP contribution in [0, 0.1) is 24.7 Å². The Morgan fingerprint density at radius 2 is 2.06 bits per heavy atom. The molecule has 1 aromatic carbocycles. The van der Waals surface area contributed by atoms with Crippen LogP contribution in [-0.4, -0.2) is 40.1 Å². The van der Waals surface area contributed by atoms with Gasteiger partial charge in [0.2, 0.25) is 0 Å². The normalized spacial score (nSPS) is 23.6. The van der Waals surface area contributed by atoms with Crippen LogP contribution in [0.1, 0.15) is 48.5 Å². The molecular weight excluding hydrogens is 438 g/mol. The number of pyridine rings is 1. The number of likely N-dealkylation sites (tertiary alicyclic amines) is 1. The number of furan rings is 1. The molecule has 1 saturated heterocycles. The predicted octanol–water partition coefficient (Wildman–Crippen LogP) is 6.05. The summed E-state index contributed by atoms with van der Waals surface area (Å²) in [5.41, 5.74) is 4.42. The molecule has 2 bridgehead atoms. The van der Waals surface area contributed by atoms with Gasteiger partial charge in [0.1, 0.15) is 17.0 Å². The fraction of sp³-hybridized carbons (Fsp3) is 0.448. The molecule has 7 rings (SSSR count). The van der Waals surface area contributed by atoms with Crippen LogP contribution in [0.2, 0.25) is 0 Å². The van der Waals surface area contributed by atoms with E-state index in [1.807, 2.05) is 24.4 Å². The largest absolute Gasteiger partial charge is 0.496 e. The lowest BCUT2D eigenvalue weighted by molar-refractivity contribution is 0.0695. The fourth-order valence-corrected chi connectivity index (χ4v) is 6.60. The summed E-state index contributed by atoms with van der Waals surface area (Å²) in [6, 6.07) is 10.4. The predicted molar refractivity (Wildman–Crippen MR) is 136 cm³/mol. The van der Waals surface area contributed by atoms with Gasteiger partial charge in [0.15, 0.2) is 5.76 Å². The van der Waals surface area contributed by atoms with E-state index >= 15 is 0 Å². The Bertz CT molecular complexity index is 1480. The number of amides is 1. The minimum atomic E-state index is 0.0897. The summed E-state index contributed by atoms with van der Waals surface area (Å²) in [7, 11) is 1.67. The minimum Gasteiger partial charge on any atom is -0.496 e. The monoisotopic (exact) mass is 469 g/mol. The van der Waals surface area contributed by atoms with Crippen molar-refractivity contribution in [2.75, 3.05) is 13.7 Å². The molecule has 6 nitrogen and oxygen atoms in total. The Hall–Kier alpha value is -3.28. The summed E-state index contributed by atoms with van der Waals surface area (Å²) in [5.74, 6) is 3.53. The number of rotatable bonds is 5. The van der Waals surface area contributed by atoms with E-state index in [0.29, 0.717) is 40.7 Å². The fourth-order valence-electron chi connectivity index (χ4n) is 6.60. The van der Waals surface area contributed by atoms with Crippen LogP contribution in [0.4, 0.5) is 0 Å². The number of carbonyl (C=O) groups excluding carboxylic acids is 1. The molecular formula is C29H31N3O3. The SMILES string of the molecule is COc1cc(C(=O)N2CC3CCC2C3C)cc2oc(-c3cc4cccnc4n3CC3CC3)c(C)c12. The number of hydrogen-bond donors (Lipinski definition) is 0. The van der Waals surface area contributed by atoms with Gasteiger partial charge < -0.3 is 18.6 Å². The van der Waals surface area contributed by atoms with Gasteiger partial charge in [-0.15, -0.1) is 0 Å². The number of ether oxygens (including phenoxy) is 1. The van der Waals surface area contributed by atoms with Crippen LogP contribution in [0.5, 0.6) is 5.75 Å². The van der Waals surface area contributed by atoms with Gasteiger partial charge >= 0.3 is 0 Å². The number of aryl methyl sites for hydroxylation is 1.